The third-order valence-corrected chi connectivity index (χ3v) is 6.97. The van der Waals surface area contributed by atoms with E-state index >= 15 is 0 Å². The predicted molar refractivity (Wildman–Crippen MR) is 175 cm³/mol. The number of carboxylic acid groups (broad SMARTS) is 2. The Morgan fingerprint density at radius 3 is 1.92 bits per heavy atom. The smallest absolute Gasteiger partial charge is 0.305 e. The van der Waals surface area contributed by atoms with Gasteiger partial charge >= 0.3 is 23.9 Å². The molecule has 264 valence electrons. The van der Waals surface area contributed by atoms with E-state index in [1.807, 2.05) is 19.9 Å². The normalized spacial score (nSPS) is 10.7. The van der Waals surface area contributed by atoms with Gasteiger partial charge in [0.15, 0.2) is 5.76 Å². The topological polar surface area (TPSA) is 205 Å². The van der Waals surface area contributed by atoms with Gasteiger partial charge in [-0.3, -0.25) is 24.0 Å². The van der Waals surface area contributed by atoms with E-state index in [1.165, 1.54) is 13.2 Å². The Morgan fingerprint density at radius 2 is 1.39 bits per heavy atom. The Labute approximate surface area is 281 Å². The number of phenols is 1. The van der Waals surface area contributed by atoms with Crippen LogP contribution in [0.25, 0.3) is 22.3 Å². The molecular formula is C35H40O14. The molecule has 0 fully saturated rings. The van der Waals surface area contributed by atoms with E-state index in [0.29, 0.717) is 16.9 Å². The van der Waals surface area contributed by atoms with E-state index in [-0.39, 0.29) is 99.6 Å². The summed E-state index contributed by atoms with van der Waals surface area (Å²) in [5.74, 6) is -3.18. The Bertz CT molecular complexity index is 1720. The van der Waals surface area contributed by atoms with Gasteiger partial charge in [-0.25, -0.2) is 0 Å². The highest BCUT2D eigenvalue weighted by molar-refractivity contribution is 5.91. The van der Waals surface area contributed by atoms with Gasteiger partial charge < -0.3 is 43.4 Å². The van der Waals surface area contributed by atoms with Crippen LogP contribution in [0.15, 0.2) is 51.2 Å². The Kier molecular flexibility index (Phi) is 14.5. The predicted octanol–water partition coefficient (Wildman–Crippen LogP) is 5.04. The zero-order chi connectivity index (χ0) is 35.9. The molecule has 0 saturated heterocycles. The fourth-order valence-corrected chi connectivity index (χ4v) is 4.57. The van der Waals surface area contributed by atoms with Crippen molar-refractivity contribution < 1.29 is 62.6 Å². The summed E-state index contributed by atoms with van der Waals surface area (Å²) in [4.78, 5) is 59.3. The number of carbonyl (C=O) groups excluding carboxylic acids is 2. The number of aromatic hydroxyl groups is 1. The van der Waals surface area contributed by atoms with Gasteiger partial charge in [0.25, 0.3) is 0 Å². The van der Waals surface area contributed by atoms with Gasteiger partial charge in [-0.2, -0.15) is 0 Å². The maximum Gasteiger partial charge on any atom is 0.305 e. The second-order valence-corrected chi connectivity index (χ2v) is 11.0. The summed E-state index contributed by atoms with van der Waals surface area (Å²) in [6.45, 7) is 3.04. The number of carbonyl (C=O) groups is 4. The number of methoxy groups -OCH3 is 1. The van der Waals surface area contributed by atoms with Crippen LogP contribution >= 0.6 is 0 Å². The molecule has 3 N–H and O–H groups in total. The van der Waals surface area contributed by atoms with E-state index in [0.717, 1.165) is 5.57 Å². The standard InChI is InChI=1S/C35H40O14/c1-21(2)10-15-24-26(45-16-17-46-29(41)8-4-6-27(37)38)20-25(36)31-32(43)35(48-19-18-47-30(42)9-5-7-28(39)40)33(49-34(24)31)22-11-13-23(44-3)14-12-22/h10-14,20,36H,4-9,15-19H2,1-3H3,(H,37,38)(H,39,40). The second-order valence-electron chi connectivity index (χ2n) is 11.0. The van der Waals surface area contributed by atoms with Crippen molar-refractivity contribution in [2.24, 2.45) is 0 Å². The molecule has 14 nitrogen and oxygen atoms in total. The molecule has 49 heavy (non-hydrogen) atoms. The van der Waals surface area contributed by atoms with Crippen LogP contribution in [0.2, 0.25) is 0 Å². The fraction of sp³-hybridized carbons (Fsp3) is 0.400. The summed E-state index contributed by atoms with van der Waals surface area (Å²) in [6, 6.07) is 7.88. The van der Waals surface area contributed by atoms with Gasteiger partial charge in [-0.05, 0) is 57.4 Å². The number of aliphatic carboxylic acids is 2. The van der Waals surface area contributed by atoms with Crippen molar-refractivity contribution in [2.75, 3.05) is 33.5 Å². The molecule has 0 amide bonds. The molecule has 0 saturated carbocycles. The highest BCUT2D eigenvalue weighted by Gasteiger charge is 2.25. The summed E-state index contributed by atoms with van der Waals surface area (Å²) < 4.78 is 33.5. The monoisotopic (exact) mass is 684 g/mol. The lowest BCUT2D eigenvalue weighted by molar-refractivity contribution is -0.146. The van der Waals surface area contributed by atoms with Gasteiger partial charge in [0.1, 0.15) is 54.6 Å². The SMILES string of the molecule is COc1ccc(-c2oc3c(CC=C(C)C)c(OCCOC(=O)CCCC(=O)O)cc(O)c3c(=O)c2OCCOC(=O)CCCC(=O)O)cc1. The number of carboxylic acids is 2. The quantitative estimate of drug-likeness (QED) is 0.0811. The fourth-order valence-electron chi connectivity index (χ4n) is 4.57. The first-order valence-electron chi connectivity index (χ1n) is 15.5. The van der Waals surface area contributed by atoms with Crippen molar-refractivity contribution in [1.82, 2.24) is 0 Å². The Balaban J connectivity index is 1.96. The molecule has 0 bridgehead atoms. The number of rotatable bonds is 20. The highest BCUT2D eigenvalue weighted by Crippen LogP contribution is 2.40. The number of benzene rings is 2. The lowest BCUT2D eigenvalue weighted by atomic mass is 10.0. The van der Waals surface area contributed by atoms with E-state index in [1.54, 1.807) is 24.3 Å². The van der Waals surface area contributed by atoms with Gasteiger partial charge in [0, 0.05) is 42.9 Å². The second kappa shape index (κ2) is 18.7. The van der Waals surface area contributed by atoms with Gasteiger partial charge in [0.2, 0.25) is 11.2 Å². The van der Waals surface area contributed by atoms with Crippen molar-refractivity contribution >= 4 is 34.8 Å². The maximum atomic E-state index is 14.0. The van der Waals surface area contributed by atoms with Crippen LogP contribution in [0, 0.1) is 0 Å². The van der Waals surface area contributed by atoms with Crippen LogP contribution in [0.5, 0.6) is 23.0 Å². The van der Waals surface area contributed by atoms with Crippen molar-refractivity contribution in [3.63, 3.8) is 0 Å². The molecule has 0 spiro atoms. The third kappa shape index (κ3) is 11.6. The average Bonchev–Trinajstić information content (AvgIpc) is 3.04. The third-order valence-electron chi connectivity index (χ3n) is 6.97. The van der Waals surface area contributed by atoms with E-state index in [9.17, 15) is 29.1 Å². The number of hydrogen-bond donors (Lipinski definition) is 3. The average molecular weight is 685 g/mol. The number of esters is 2. The van der Waals surface area contributed by atoms with Gasteiger partial charge in [-0.15, -0.1) is 0 Å². The zero-order valence-corrected chi connectivity index (χ0v) is 27.6. The number of phenolic OH excluding ortho intramolecular Hbond substituents is 1. The molecule has 0 unspecified atom stereocenters. The molecule has 0 radical (unpaired) electrons. The van der Waals surface area contributed by atoms with Gasteiger partial charge in [-0.1, -0.05) is 11.6 Å². The van der Waals surface area contributed by atoms with Crippen LogP contribution in [-0.4, -0.2) is 72.7 Å². The van der Waals surface area contributed by atoms with Crippen LogP contribution in [-0.2, 0) is 35.1 Å². The molecule has 1 heterocycles. The number of hydrogen-bond acceptors (Lipinski definition) is 12. The molecule has 14 heteroatoms. The molecule has 0 aliphatic heterocycles. The Hall–Kier alpha value is -5.53. The van der Waals surface area contributed by atoms with Crippen LogP contribution in [0.3, 0.4) is 0 Å². The van der Waals surface area contributed by atoms with Crippen molar-refractivity contribution in [1.29, 1.82) is 0 Å². The highest BCUT2D eigenvalue weighted by atomic mass is 16.6. The van der Waals surface area contributed by atoms with Crippen molar-refractivity contribution in [2.45, 2.75) is 58.8 Å². The first-order valence-corrected chi connectivity index (χ1v) is 15.5. The molecule has 1 aromatic heterocycles. The minimum absolute atomic E-state index is 0.0261. The summed E-state index contributed by atoms with van der Waals surface area (Å²) in [5.41, 5.74) is 1.16. The molecule has 0 aliphatic rings. The molecule has 0 aliphatic carbocycles. The number of ether oxygens (including phenoxy) is 5. The maximum absolute atomic E-state index is 14.0. The lowest BCUT2D eigenvalue weighted by Gasteiger charge is -2.17. The van der Waals surface area contributed by atoms with Gasteiger partial charge in [0.05, 0.1) is 7.11 Å². The van der Waals surface area contributed by atoms with E-state index in [2.05, 4.69) is 0 Å². The van der Waals surface area contributed by atoms with Crippen molar-refractivity contribution in [3.05, 3.63) is 57.8 Å². The van der Waals surface area contributed by atoms with E-state index < -0.39 is 35.1 Å². The lowest BCUT2D eigenvalue weighted by Crippen LogP contribution is -2.17. The van der Waals surface area contributed by atoms with Crippen LogP contribution in [0.4, 0.5) is 0 Å². The summed E-state index contributed by atoms with van der Waals surface area (Å²) in [7, 11) is 1.50. The largest absolute Gasteiger partial charge is 0.507 e. The van der Waals surface area contributed by atoms with E-state index in [4.69, 9.17) is 38.3 Å². The Morgan fingerprint density at radius 1 is 0.816 bits per heavy atom. The zero-order valence-electron chi connectivity index (χ0n) is 27.6. The molecule has 2 aromatic carbocycles. The molecule has 0 atom stereocenters. The minimum atomic E-state index is -1.02. The minimum Gasteiger partial charge on any atom is -0.507 e. The molecular weight excluding hydrogens is 644 g/mol. The first-order chi connectivity index (χ1) is 23.4. The summed E-state index contributed by atoms with van der Waals surface area (Å²) >= 11 is 0. The number of fused-ring (bicyclic) bond motifs is 1. The molecule has 3 rings (SSSR count). The van der Waals surface area contributed by atoms with Crippen molar-refractivity contribution in [3.8, 4) is 34.3 Å². The summed E-state index contributed by atoms with van der Waals surface area (Å²) in [5, 5.41) is 28.4. The van der Waals surface area contributed by atoms with Crippen LogP contribution < -0.4 is 19.6 Å². The summed E-state index contributed by atoms with van der Waals surface area (Å²) in [6.07, 6.45) is 1.89. The van der Waals surface area contributed by atoms with Crippen LogP contribution in [0.1, 0.15) is 57.9 Å². The number of allylic oxidation sites excluding steroid dienone is 2. The first kappa shape index (κ1) is 37.9. The molecule has 3 aromatic rings.